The fraction of sp³-hybridized carbons (Fsp3) is 0.485. The van der Waals surface area contributed by atoms with Crippen molar-refractivity contribution in [3.63, 3.8) is 0 Å². The van der Waals surface area contributed by atoms with E-state index in [2.05, 4.69) is 42.6 Å². The molecule has 9 nitrogen and oxygen atoms in total. The number of aryl methyl sites for hydroxylation is 1. The number of nitrogens with zero attached hydrogens (tertiary/aromatic N) is 2. The summed E-state index contributed by atoms with van der Waals surface area (Å²) in [6.07, 6.45) is 7.77. The van der Waals surface area contributed by atoms with Crippen LogP contribution >= 0.6 is 12.4 Å². The van der Waals surface area contributed by atoms with Gasteiger partial charge in [-0.05, 0) is 67.3 Å². The number of aromatic carboxylic acids is 1. The third-order valence-electron chi connectivity index (χ3n) is 7.86. The van der Waals surface area contributed by atoms with E-state index in [1.807, 2.05) is 19.9 Å². The van der Waals surface area contributed by atoms with Gasteiger partial charge in [0.05, 0.1) is 16.2 Å². The Bertz CT molecular complexity index is 1570. The number of nitrogens with one attached hydrogen (secondary N) is 1. The van der Waals surface area contributed by atoms with E-state index in [-0.39, 0.29) is 52.8 Å². The van der Waals surface area contributed by atoms with Crippen LogP contribution in [0.3, 0.4) is 0 Å². The molecular formula is C33H45ClN4O5S. The van der Waals surface area contributed by atoms with Crippen LogP contribution in [0.5, 0.6) is 5.88 Å². The number of benzene rings is 2. The molecule has 1 aromatic heterocycles. The molecule has 0 aliphatic heterocycles. The minimum Gasteiger partial charge on any atom is -0.478 e. The van der Waals surface area contributed by atoms with E-state index in [0.717, 1.165) is 35.6 Å². The zero-order chi connectivity index (χ0) is 31.4. The lowest BCUT2D eigenvalue weighted by Crippen LogP contribution is -2.32. The van der Waals surface area contributed by atoms with Crippen molar-refractivity contribution in [2.24, 2.45) is 17.1 Å². The van der Waals surface area contributed by atoms with Crippen molar-refractivity contribution in [2.45, 2.75) is 90.5 Å². The van der Waals surface area contributed by atoms with E-state index in [0.29, 0.717) is 17.2 Å². The molecule has 4 N–H and O–H groups in total. The summed E-state index contributed by atoms with van der Waals surface area (Å²) in [6, 6.07) is 11.1. The van der Waals surface area contributed by atoms with Crippen LogP contribution in [-0.2, 0) is 16.4 Å². The Morgan fingerprint density at radius 3 is 2.43 bits per heavy atom. The molecule has 0 unspecified atom stereocenters. The summed E-state index contributed by atoms with van der Waals surface area (Å²) in [5.41, 5.74) is 10.7. The Balaban J connectivity index is 0.00000529. The third kappa shape index (κ3) is 9.15. The zero-order valence-electron chi connectivity index (χ0n) is 26.2. The average Bonchev–Trinajstić information content (AvgIpc) is 2.93. The number of sulfonamides is 1. The van der Waals surface area contributed by atoms with Crippen molar-refractivity contribution in [1.29, 1.82) is 0 Å². The summed E-state index contributed by atoms with van der Waals surface area (Å²) in [4.78, 5) is 20.5. The fourth-order valence-electron chi connectivity index (χ4n) is 5.87. The van der Waals surface area contributed by atoms with Crippen LogP contribution in [0.1, 0.15) is 86.3 Å². The molecule has 1 heterocycles. The molecule has 0 bridgehead atoms. The van der Waals surface area contributed by atoms with Crippen LogP contribution in [0.15, 0.2) is 47.4 Å². The van der Waals surface area contributed by atoms with Crippen LogP contribution < -0.4 is 15.2 Å². The van der Waals surface area contributed by atoms with Crippen LogP contribution in [0.2, 0.25) is 0 Å². The van der Waals surface area contributed by atoms with Gasteiger partial charge in [-0.25, -0.2) is 22.9 Å². The minimum absolute atomic E-state index is 0. The van der Waals surface area contributed by atoms with Crippen LogP contribution in [0.25, 0.3) is 11.3 Å². The molecule has 1 atom stereocenters. The van der Waals surface area contributed by atoms with E-state index < -0.39 is 16.0 Å². The predicted molar refractivity (Wildman–Crippen MR) is 176 cm³/mol. The van der Waals surface area contributed by atoms with Gasteiger partial charge in [-0.3, -0.25) is 0 Å². The molecular weight excluding hydrogens is 600 g/mol. The van der Waals surface area contributed by atoms with Crippen molar-refractivity contribution in [1.82, 2.24) is 9.97 Å². The Hall–Kier alpha value is -3.21. The van der Waals surface area contributed by atoms with Gasteiger partial charge in [0.2, 0.25) is 11.8 Å². The zero-order valence-corrected chi connectivity index (χ0v) is 27.9. The van der Waals surface area contributed by atoms with Crippen LogP contribution in [-0.4, -0.2) is 42.1 Å². The van der Waals surface area contributed by atoms with Crippen molar-refractivity contribution in [3.05, 3.63) is 64.7 Å². The van der Waals surface area contributed by atoms with Gasteiger partial charge in [-0.2, -0.15) is 4.98 Å². The van der Waals surface area contributed by atoms with Gasteiger partial charge in [0.15, 0.2) is 0 Å². The number of aromatic nitrogens is 2. The fourth-order valence-corrected chi connectivity index (χ4v) is 6.86. The first-order valence-corrected chi connectivity index (χ1v) is 16.4. The summed E-state index contributed by atoms with van der Waals surface area (Å²) in [6.45, 7) is 10.4. The van der Waals surface area contributed by atoms with E-state index >= 15 is 0 Å². The number of ether oxygens (including phenoxy) is 1. The number of hydrogen-bond acceptors (Lipinski definition) is 7. The lowest BCUT2D eigenvalue weighted by molar-refractivity contribution is 0.0696. The Morgan fingerprint density at radius 1 is 1.09 bits per heavy atom. The lowest BCUT2D eigenvalue weighted by atomic mass is 9.82. The van der Waals surface area contributed by atoms with Gasteiger partial charge in [-0.1, -0.05) is 77.1 Å². The molecule has 11 heteroatoms. The minimum atomic E-state index is -4.21. The second kappa shape index (κ2) is 14.7. The highest BCUT2D eigenvalue weighted by atomic mass is 35.5. The predicted octanol–water partition coefficient (Wildman–Crippen LogP) is 6.95. The lowest BCUT2D eigenvalue weighted by Gasteiger charge is -2.25. The molecule has 0 amide bonds. The largest absolute Gasteiger partial charge is 0.478 e. The Morgan fingerprint density at radius 2 is 1.77 bits per heavy atom. The van der Waals surface area contributed by atoms with E-state index in [9.17, 15) is 18.3 Å². The summed E-state index contributed by atoms with van der Waals surface area (Å²) < 4.78 is 35.4. The van der Waals surface area contributed by atoms with E-state index in [4.69, 9.17) is 15.5 Å². The first-order valence-electron chi connectivity index (χ1n) is 15.0. The monoisotopic (exact) mass is 644 g/mol. The van der Waals surface area contributed by atoms with Gasteiger partial charge in [0.1, 0.15) is 6.61 Å². The molecule has 3 aromatic rings. The van der Waals surface area contributed by atoms with Crippen LogP contribution in [0.4, 0.5) is 5.95 Å². The molecule has 4 rings (SSSR count). The molecule has 0 spiro atoms. The average molecular weight is 645 g/mol. The summed E-state index contributed by atoms with van der Waals surface area (Å²) in [5.74, 6) is -0.550. The third-order valence-corrected chi connectivity index (χ3v) is 9.18. The van der Waals surface area contributed by atoms with Crippen molar-refractivity contribution >= 4 is 34.3 Å². The number of halogens is 1. The van der Waals surface area contributed by atoms with Gasteiger partial charge < -0.3 is 15.6 Å². The number of nitrogens with two attached hydrogens (primary N) is 1. The SMILES string of the molecule is Cc1cccc(CC2CCCCC2)c1-c1nc(NS(=O)(=O)c2cccc(C(=O)O)c2)nc(OC[C@H](N)CC(C)(C)C)c1C.Cl. The van der Waals surface area contributed by atoms with Gasteiger partial charge >= 0.3 is 5.97 Å². The molecule has 0 saturated heterocycles. The number of carbonyl (C=O) groups is 1. The first-order chi connectivity index (χ1) is 20.2. The summed E-state index contributed by atoms with van der Waals surface area (Å²) >= 11 is 0. The smallest absolute Gasteiger partial charge is 0.335 e. The van der Waals surface area contributed by atoms with E-state index in [1.54, 1.807) is 0 Å². The highest BCUT2D eigenvalue weighted by Crippen LogP contribution is 2.37. The number of hydrogen-bond donors (Lipinski definition) is 3. The van der Waals surface area contributed by atoms with Gasteiger partial charge in [0, 0.05) is 17.2 Å². The highest BCUT2D eigenvalue weighted by molar-refractivity contribution is 7.92. The molecule has 1 aliphatic rings. The number of carboxylic acid groups (broad SMARTS) is 1. The number of rotatable bonds is 11. The second-order valence-electron chi connectivity index (χ2n) is 12.9. The first kappa shape index (κ1) is 35.3. The standard InChI is InChI=1S/C33H44N4O5S.ClH/c1-21-11-9-14-24(17-23-12-7-6-8-13-23)28(21)29-22(2)30(42-20-26(34)19-33(3,4)5)36-32(35-29)37-43(40,41)27-16-10-15-25(18-27)31(38)39;/h9-11,14-16,18,23,26H,6-8,12-13,17,19-20,34H2,1-5H3,(H,38,39)(H,35,36,37);1H/t26-;/m1./s1. The number of anilines is 1. The maximum Gasteiger partial charge on any atom is 0.335 e. The van der Waals surface area contributed by atoms with Gasteiger partial charge in [-0.15, -0.1) is 12.4 Å². The number of carboxylic acids is 1. The van der Waals surface area contributed by atoms with Gasteiger partial charge in [0.25, 0.3) is 10.0 Å². The normalized spacial score (nSPS) is 14.9. The van der Waals surface area contributed by atoms with Crippen molar-refractivity contribution in [2.75, 3.05) is 11.3 Å². The maximum absolute atomic E-state index is 13.4. The van der Waals surface area contributed by atoms with Crippen molar-refractivity contribution < 1.29 is 23.1 Å². The molecule has 44 heavy (non-hydrogen) atoms. The van der Waals surface area contributed by atoms with E-state index in [1.165, 1.54) is 50.3 Å². The Kier molecular flexibility index (Phi) is 11.8. The maximum atomic E-state index is 13.4. The molecule has 1 fully saturated rings. The van der Waals surface area contributed by atoms with Crippen LogP contribution in [0, 0.1) is 25.2 Å². The van der Waals surface area contributed by atoms with Crippen molar-refractivity contribution in [3.8, 4) is 17.1 Å². The quantitative estimate of drug-likeness (QED) is 0.203. The Labute approximate surface area is 267 Å². The summed E-state index contributed by atoms with van der Waals surface area (Å²) in [5, 5.41) is 9.37. The molecule has 0 radical (unpaired) electrons. The highest BCUT2D eigenvalue weighted by Gasteiger charge is 2.25. The summed E-state index contributed by atoms with van der Waals surface area (Å²) in [7, 11) is -4.21. The molecule has 2 aromatic carbocycles. The molecule has 1 aliphatic carbocycles. The topological polar surface area (TPSA) is 144 Å². The molecule has 240 valence electrons. The molecule has 1 saturated carbocycles. The second-order valence-corrected chi connectivity index (χ2v) is 14.6.